The summed E-state index contributed by atoms with van der Waals surface area (Å²) in [6.45, 7) is -0.130. The normalized spacial score (nSPS) is 12.7. The van der Waals surface area contributed by atoms with Crippen LogP contribution < -0.4 is 9.47 Å². The lowest BCUT2D eigenvalue weighted by Gasteiger charge is -2.05. The van der Waals surface area contributed by atoms with Crippen LogP contribution >= 0.6 is 0 Å². The second kappa shape index (κ2) is 3.87. The average Bonchev–Trinajstić information content (AvgIpc) is 2.99. The van der Waals surface area contributed by atoms with Crippen molar-refractivity contribution in [3.05, 3.63) is 23.7 Å². The molecular weight excluding hydrogens is 261 g/mol. The third-order valence-electron chi connectivity index (χ3n) is 2.56. The minimum Gasteiger partial charge on any atom is -0.505 e. The van der Waals surface area contributed by atoms with E-state index >= 15 is 0 Å². The van der Waals surface area contributed by atoms with Crippen LogP contribution in [0.1, 0.15) is 10.6 Å². The molecule has 0 unspecified atom stereocenters. The quantitative estimate of drug-likeness (QED) is 0.852. The summed E-state index contributed by atoms with van der Waals surface area (Å²) in [5.74, 6) is -3.25. The van der Waals surface area contributed by atoms with Crippen molar-refractivity contribution in [1.29, 1.82) is 0 Å². The zero-order valence-corrected chi connectivity index (χ0v) is 9.21. The molecule has 8 heteroatoms. The van der Waals surface area contributed by atoms with E-state index in [1.807, 2.05) is 0 Å². The molecule has 1 aromatic carbocycles. The number of nitrogens with zero attached hydrogens (tertiary/aromatic N) is 1. The van der Waals surface area contributed by atoms with Crippen molar-refractivity contribution in [3.8, 4) is 28.5 Å². The van der Waals surface area contributed by atoms with Gasteiger partial charge in [0.2, 0.25) is 12.6 Å². The van der Waals surface area contributed by atoms with E-state index in [1.54, 1.807) is 0 Å². The van der Waals surface area contributed by atoms with E-state index in [4.69, 9.17) is 14.6 Å². The Hall–Kier alpha value is -2.77. The number of rotatable bonds is 2. The van der Waals surface area contributed by atoms with Crippen LogP contribution in [-0.4, -0.2) is 28.1 Å². The van der Waals surface area contributed by atoms with Crippen molar-refractivity contribution in [2.24, 2.45) is 0 Å². The van der Waals surface area contributed by atoms with Gasteiger partial charge in [-0.05, 0) is 0 Å². The predicted molar refractivity (Wildman–Crippen MR) is 56.6 cm³/mol. The highest BCUT2D eigenvalue weighted by Crippen LogP contribution is 2.46. The Bertz CT molecular complexity index is 680. The minimum absolute atomic E-state index is 0.0422. The summed E-state index contributed by atoms with van der Waals surface area (Å²) >= 11 is 0. The van der Waals surface area contributed by atoms with Gasteiger partial charge in [-0.15, -0.1) is 0 Å². The van der Waals surface area contributed by atoms with E-state index < -0.39 is 23.3 Å². The van der Waals surface area contributed by atoms with Crippen LogP contribution in [0.4, 0.5) is 4.39 Å². The lowest BCUT2D eigenvalue weighted by Crippen LogP contribution is -1.94. The predicted octanol–water partition coefficient (Wildman–Crippen LogP) is 1.61. The van der Waals surface area contributed by atoms with Gasteiger partial charge in [0.05, 0.1) is 5.56 Å². The van der Waals surface area contributed by atoms with Gasteiger partial charge in [-0.1, -0.05) is 5.16 Å². The van der Waals surface area contributed by atoms with Gasteiger partial charge in [0, 0.05) is 12.1 Å². The van der Waals surface area contributed by atoms with Crippen LogP contribution in [0.15, 0.2) is 16.7 Å². The van der Waals surface area contributed by atoms with Crippen LogP contribution in [0.2, 0.25) is 0 Å². The molecule has 19 heavy (non-hydrogen) atoms. The van der Waals surface area contributed by atoms with E-state index in [2.05, 4.69) is 9.68 Å². The number of fused-ring (bicyclic) bond motifs is 1. The highest BCUT2D eigenvalue weighted by molar-refractivity contribution is 5.86. The van der Waals surface area contributed by atoms with Crippen LogP contribution in [0, 0.1) is 5.82 Å². The number of hydrogen-bond acceptors (Lipinski definition) is 6. The number of ether oxygens (including phenoxy) is 2. The molecule has 0 spiro atoms. The lowest BCUT2D eigenvalue weighted by atomic mass is 10.1. The molecule has 1 aromatic heterocycles. The first-order chi connectivity index (χ1) is 9.08. The van der Waals surface area contributed by atoms with Crippen molar-refractivity contribution in [2.45, 2.75) is 0 Å². The van der Waals surface area contributed by atoms with Gasteiger partial charge in [-0.2, -0.15) is 0 Å². The van der Waals surface area contributed by atoms with Gasteiger partial charge in [-0.3, -0.25) is 0 Å². The summed E-state index contributed by atoms with van der Waals surface area (Å²) in [6, 6.07) is 2.10. The summed E-state index contributed by atoms with van der Waals surface area (Å²) in [7, 11) is 0. The molecule has 2 aromatic rings. The Morgan fingerprint density at radius 2 is 2.16 bits per heavy atom. The smallest absolute Gasteiger partial charge is 0.374 e. The van der Waals surface area contributed by atoms with Gasteiger partial charge in [0.1, 0.15) is 5.69 Å². The fourth-order valence-electron chi connectivity index (χ4n) is 1.73. The molecule has 0 aliphatic carbocycles. The molecule has 0 radical (unpaired) electrons. The van der Waals surface area contributed by atoms with E-state index in [0.29, 0.717) is 0 Å². The number of phenols is 1. The van der Waals surface area contributed by atoms with E-state index in [9.17, 15) is 14.3 Å². The maximum atomic E-state index is 13.9. The molecule has 2 heterocycles. The zero-order chi connectivity index (χ0) is 13.6. The summed E-state index contributed by atoms with van der Waals surface area (Å²) in [6.07, 6.45) is 0. The first kappa shape index (κ1) is 11.3. The fraction of sp³-hybridized carbons (Fsp3) is 0.0909. The maximum absolute atomic E-state index is 13.9. The number of carboxylic acids is 1. The van der Waals surface area contributed by atoms with Crippen molar-refractivity contribution >= 4 is 5.97 Å². The number of carbonyl (C=O) groups is 1. The largest absolute Gasteiger partial charge is 0.505 e. The van der Waals surface area contributed by atoms with Crippen LogP contribution in [0.5, 0.6) is 17.2 Å². The Morgan fingerprint density at radius 1 is 1.37 bits per heavy atom. The Morgan fingerprint density at radius 3 is 2.84 bits per heavy atom. The number of phenolic OH excluding ortho intramolecular Hbond substituents is 1. The summed E-state index contributed by atoms with van der Waals surface area (Å²) in [5, 5.41) is 21.6. The standard InChI is InChI=1S/C11H6FNO6/c12-9-5(14)2-6-10(18-3-17-6)8(9)4-1-7(11(15)16)19-13-4/h1-2,14H,3H2,(H,15,16). The highest BCUT2D eigenvalue weighted by atomic mass is 19.1. The second-order valence-electron chi connectivity index (χ2n) is 3.70. The van der Waals surface area contributed by atoms with E-state index in [0.717, 1.165) is 12.1 Å². The number of aromatic carboxylic acids is 1. The fourth-order valence-corrected chi connectivity index (χ4v) is 1.73. The summed E-state index contributed by atoms with van der Waals surface area (Å²) < 4.78 is 28.6. The first-order valence-corrected chi connectivity index (χ1v) is 5.09. The molecule has 7 nitrogen and oxygen atoms in total. The van der Waals surface area contributed by atoms with Crippen LogP contribution in [0.3, 0.4) is 0 Å². The maximum Gasteiger partial charge on any atom is 0.374 e. The molecule has 98 valence electrons. The topological polar surface area (TPSA) is 102 Å². The third-order valence-corrected chi connectivity index (χ3v) is 2.56. The number of hydrogen-bond donors (Lipinski definition) is 2. The van der Waals surface area contributed by atoms with Gasteiger partial charge >= 0.3 is 5.97 Å². The third kappa shape index (κ3) is 1.65. The number of aromatic nitrogens is 1. The van der Waals surface area contributed by atoms with Crippen molar-refractivity contribution < 1.29 is 33.4 Å². The zero-order valence-electron chi connectivity index (χ0n) is 9.21. The molecule has 1 aliphatic heterocycles. The lowest BCUT2D eigenvalue weighted by molar-refractivity contribution is 0.0652. The number of halogens is 1. The molecule has 2 N–H and O–H groups in total. The Kier molecular flexibility index (Phi) is 2.31. The molecule has 1 aliphatic rings. The summed E-state index contributed by atoms with van der Waals surface area (Å²) in [5.41, 5.74) is -0.309. The number of aromatic hydroxyl groups is 1. The molecule has 0 bridgehead atoms. The molecule has 0 amide bonds. The molecule has 0 atom stereocenters. The van der Waals surface area contributed by atoms with Gasteiger partial charge < -0.3 is 24.2 Å². The highest BCUT2D eigenvalue weighted by Gasteiger charge is 2.28. The van der Waals surface area contributed by atoms with Gasteiger partial charge in [0.15, 0.2) is 23.1 Å². The molecule has 3 rings (SSSR count). The molecule has 0 saturated heterocycles. The van der Waals surface area contributed by atoms with Gasteiger partial charge in [0.25, 0.3) is 0 Å². The van der Waals surface area contributed by atoms with E-state index in [1.165, 1.54) is 0 Å². The van der Waals surface area contributed by atoms with Crippen molar-refractivity contribution in [1.82, 2.24) is 5.16 Å². The second-order valence-corrected chi connectivity index (χ2v) is 3.70. The van der Waals surface area contributed by atoms with Gasteiger partial charge in [-0.25, -0.2) is 9.18 Å². The van der Waals surface area contributed by atoms with Crippen LogP contribution in [-0.2, 0) is 0 Å². The molecule has 0 fully saturated rings. The first-order valence-electron chi connectivity index (χ1n) is 5.09. The monoisotopic (exact) mass is 267 g/mol. The Balaban J connectivity index is 2.21. The number of benzene rings is 1. The van der Waals surface area contributed by atoms with E-state index in [-0.39, 0.29) is 29.5 Å². The number of carboxylic acid groups (broad SMARTS) is 1. The SMILES string of the molecule is O=C(O)c1cc(-c2c(F)c(O)cc3c2OCO3)no1. The molecule has 0 saturated carbocycles. The average molecular weight is 267 g/mol. The summed E-state index contributed by atoms with van der Waals surface area (Å²) in [4.78, 5) is 10.7. The van der Waals surface area contributed by atoms with Crippen LogP contribution in [0.25, 0.3) is 11.3 Å². The van der Waals surface area contributed by atoms with Crippen molar-refractivity contribution in [2.75, 3.05) is 6.79 Å². The van der Waals surface area contributed by atoms with Crippen molar-refractivity contribution in [3.63, 3.8) is 0 Å². The Labute approximate surface area is 104 Å². The molecular formula is C11H6FNO6. The minimum atomic E-state index is -1.34.